The van der Waals surface area contributed by atoms with Crippen LogP contribution in [0, 0.1) is 10.1 Å². The molecule has 1 aliphatic heterocycles. The molecule has 1 aliphatic rings. The van der Waals surface area contributed by atoms with Crippen LogP contribution in [0.3, 0.4) is 0 Å². The molecule has 1 fully saturated rings. The van der Waals surface area contributed by atoms with E-state index >= 15 is 0 Å². The number of pyridine rings is 1. The van der Waals surface area contributed by atoms with Crippen LogP contribution in [0.25, 0.3) is 6.08 Å². The van der Waals surface area contributed by atoms with Crippen molar-refractivity contribution in [1.82, 2.24) is 15.2 Å². The highest BCUT2D eigenvalue weighted by Gasteiger charge is 2.22. The van der Waals surface area contributed by atoms with Gasteiger partial charge in [0.25, 0.3) is 17.5 Å². The number of nitrogens with one attached hydrogen (secondary N) is 1. The quantitative estimate of drug-likeness (QED) is 0.488. The lowest BCUT2D eigenvalue weighted by molar-refractivity contribution is -0.384. The van der Waals surface area contributed by atoms with E-state index in [4.69, 9.17) is 0 Å². The highest BCUT2D eigenvalue weighted by molar-refractivity contribution is 6.05. The van der Waals surface area contributed by atoms with Crippen molar-refractivity contribution < 1.29 is 14.5 Å². The predicted octanol–water partition coefficient (Wildman–Crippen LogP) is 2.77. The average Bonchev–Trinajstić information content (AvgIpc) is 2.74. The lowest BCUT2D eigenvalue weighted by atomic mass is 10.1. The Balaban J connectivity index is 1.83. The zero-order chi connectivity index (χ0) is 19.9. The topological polar surface area (TPSA) is 105 Å². The highest BCUT2D eigenvalue weighted by atomic mass is 16.6. The Bertz CT molecular complexity index is 888. The van der Waals surface area contributed by atoms with E-state index in [2.05, 4.69) is 10.3 Å². The molecule has 1 N–H and O–H groups in total. The summed E-state index contributed by atoms with van der Waals surface area (Å²) in [5.41, 5.74) is 0.964. The zero-order valence-corrected chi connectivity index (χ0v) is 15.2. The van der Waals surface area contributed by atoms with Crippen LogP contribution in [0.2, 0.25) is 0 Å². The van der Waals surface area contributed by atoms with E-state index in [-0.39, 0.29) is 22.9 Å². The Morgan fingerprint density at radius 3 is 2.43 bits per heavy atom. The minimum atomic E-state index is -0.532. The van der Waals surface area contributed by atoms with Gasteiger partial charge >= 0.3 is 0 Å². The molecule has 8 nitrogen and oxygen atoms in total. The molecule has 0 saturated carbocycles. The molecule has 1 aromatic heterocycles. The molecule has 0 radical (unpaired) electrons. The van der Waals surface area contributed by atoms with Crippen LogP contribution < -0.4 is 5.32 Å². The number of benzene rings is 1. The van der Waals surface area contributed by atoms with Crippen molar-refractivity contribution in [1.29, 1.82) is 0 Å². The van der Waals surface area contributed by atoms with Gasteiger partial charge in [-0.15, -0.1) is 0 Å². The summed E-state index contributed by atoms with van der Waals surface area (Å²) in [5.74, 6) is -0.755. The van der Waals surface area contributed by atoms with Gasteiger partial charge in [-0.05, 0) is 49.1 Å². The van der Waals surface area contributed by atoms with Gasteiger partial charge < -0.3 is 10.2 Å². The summed E-state index contributed by atoms with van der Waals surface area (Å²) in [6.07, 6.45) is 7.76. The molecular weight excluding hydrogens is 360 g/mol. The third-order valence-electron chi connectivity index (χ3n) is 4.46. The number of nitrogens with zero attached hydrogens (tertiary/aromatic N) is 3. The second-order valence-electron chi connectivity index (χ2n) is 6.46. The number of hydrogen-bond acceptors (Lipinski definition) is 5. The molecule has 2 aromatic rings. The van der Waals surface area contributed by atoms with Gasteiger partial charge in [-0.3, -0.25) is 24.7 Å². The standard InChI is InChI=1S/C20H20N4O4/c25-19(16-6-8-17(9-7-16)24(27)28)22-18(13-15-5-4-10-21-14-15)20(26)23-11-2-1-3-12-23/h4-10,13-14H,1-3,11-12H2,(H,22,25). The Kier molecular flexibility index (Phi) is 6.11. The molecule has 2 heterocycles. The number of nitro groups is 1. The number of likely N-dealkylation sites (tertiary alicyclic amines) is 1. The number of nitro benzene ring substituents is 1. The Morgan fingerprint density at radius 1 is 1.11 bits per heavy atom. The highest BCUT2D eigenvalue weighted by Crippen LogP contribution is 2.15. The zero-order valence-electron chi connectivity index (χ0n) is 15.2. The first-order valence-electron chi connectivity index (χ1n) is 9.01. The van der Waals surface area contributed by atoms with E-state index in [0.717, 1.165) is 19.3 Å². The van der Waals surface area contributed by atoms with Gasteiger partial charge in [-0.2, -0.15) is 0 Å². The van der Waals surface area contributed by atoms with E-state index in [1.807, 2.05) is 0 Å². The summed E-state index contributed by atoms with van der Waals surface area (Å²) in [4.78, 5) is 41.5. The molecule has 1 saturated heterocycles. The van der Waals surface area contributed by atoms with E-state index in [0.29, 0.717) is 18.7 Å². The van der Waals surface area contributed by atoms with Gasteiger partial charge in [-0.25, -0.2) is 0 Å². The smallest absolute Gasteiger partial charge is 0.270 e. The third kappa shape index (κ3) is 4.79. The van der Waals surface area contributed by atoms with Crippen molar-refractivity contribution in [3.8, 4) is 0 Å². The Hall–Kier alpha value is -3.55. The molecular formula is C20H20N4O4. The lowest BCUT2D eigenvalue weighted by Gasteiger charge is -2.27. The Morgan fingerprint density at radius 2 is 1.82 bits per heavy atom. The summed E-state index contributed by atoms with van der Waals surface area (Å²) in [6.45, 7) is 1.30. The van der Waals surface area contributed by atoms with Crippen molar-refractivity contribution in [2.24, 2.45) is 0 Å². The number of carbonyl (C=O) groups excluding carboxylic acids is 2. The number of rotatable bonds is 5. The fraction of sp³-hybridized carbons (Fsp3) is 0.250. The van der Waals surface area contributed by atoms with Gasteiger partial charge in [0, 0.05) is 43.2 Å². The fourth-order valence-corrected chi connectivity index (χ4v) is 2.98. The summed E-state index contributed by atoms with van der Waals surface area (Å²) in [6, 6.07) is 8.76. The largest absolute Gasteiger partial charge is 0.337 e. The van der Waals surface area contributed by atoms with Crippen LogP contribution in [0.4, 0.5) is 5.69 Å². The van der Waals surface area contributed by atoms with Gasteiger partial charge in [0.15, 0.2) is 0 Å². The molecule has 1 aromatic carbocycles. The SMILES string of the molecule is O=C(NC(=Cc1cccnc1)C(=O)N1CCCCC1)c1ccc([N+](=O)[O-])cc1. The third-order valence-corrected chi connectivity index (χ3v) is 4.46. The maximum Gasteiger partial charge on any atom is 0.270 e. The van der Waals surface area contributed by atoms with Crippen molar-refractivity contribution >= 4 is 23.6 Å². The summed E-state index contributed by atoms with van der Waals surface area (Å²) in [5, 5.41) is 13.4. The maximum atomic E-state index is 12.9. The summed E-state index contributed by atoms with van der Waals surface area (Å²) in [7, 11) is 0. The first-order chi connectivity index (χ1) is 13.5. The van der Waals surface area contributed by atoms with E-state index in [9.17, 15) is 19.7 Å². The second kappa shape index (κ2) is 8.90. The molecule has 144 valence electrons. The summed E-state index contributed by atoms with van der Waals surface area (Å²) < 4.78 is 0. The minimum Gasteiger partial charge on any atom is -0.337 e. The molecule has 0 spiro atoms. The molecule has 8 heteroatoms. The van der Waals surface area contributed by atoms with E-state index in [1.54, 1.807) is 35.5 Å². The van der Waals surface area contributed by atoms with Crippen LogP contribution >= 0.6 is 0 Å². The molecule has 0 atom stereocenters. The molecule has 0 bridgehead atoms. The number of carbonyl (C=O) groups is 2. The number of piperidine rings is 1. The van der Waals surface area contributed by atoms with Crippen LogP contribution in [-0.2, 0) is 4.79 Å². The van der Waals surface area contributed by atoms with Gasteiger partial charge in [0.05, 0.1) is 4.92 Å². The van der Waals surface area contributed by atoms with E-state index in [1.165, 1.54) is 24.3 Å². The first kappa shape index (κ1) is 19.2. The summed E-state index contributed by atoms with van der Waals surface area (Å²) >= 11 is 0. The molecule has 3 rings (SSSR count). The van der Waals surface area contributed by atoms with E-state index < -0.39 is 10.8 Å². The van der Waals surface area contributed by atoms with Crippen LogP contribution in [-0.4, -0.2) is 39.7 Å². The fourth-order valence-electron chi connectivity index (χ4n) is 2.98. The molecule has 28 heavy (non-hydrogen) atoms. The lowest BCUT2D eigenvalue weighted by Crippen LogP contribution is -2.41. The normalized spacial score (nSPS) is 14.4. The van der Waals surface area contributed by atoms with Gasteiger partial charge in [0.2, 0.25) is 0 Å². The second-order valence-corrected chi connectivity index (χ2v) is 6.46. The number of non-ortho nitro benzene ring substituents is 1. The molecule has 0 unspecified atom stereocenters. The van der Waals surface area contributed by atoms with Crippen LogP contribution in [0.1, 0.15) is 35.2 Å². The number of amides is 2. The number of hydrogen-bond donors (Lipinski definition) is 1. The van der Waals surface area contributed by atoms with Crippen LogP contribution in [0.5, 0.6) is 0 Å². The van der Waals surface area contributed by atoms with Crippen molar-refractivity contribution in [2.45, 2.75) is 19.3 Å². The van der Waals surface area contributed by atoms with Crippen molar-refractivity contribution in [2.75, 3.05) is 13.1 Å². The Labute approximate surface area is 162 Å². The van der Waals surface area contributed by atoms with Crippen LogP contribution in [0.15, 0.2) is 54.5 Å². The molecule has 2 amide bonds. The monoisotopic (exact) mass is 380 g/mol. The maximum absolute atomic E-state index is 12.9. The number of aromatic nitrogens is 1. The predicted molar refractivity (Wildman–Crippen MR) is 103 cm³/mol. The van der Waals surface area contributed by atoms with Gasteiger partial charge in [0.1, 0.15) is 5.70 Å². The van der Waals surface area contributed by atoms with Gasteiger partial charge in [-0.1, -0.05) is 6.07 Å². The first-order valence-corrected chi connectivity index (χ1v) is 9.01. The molecule has 0 aliphatic carbocycles. The van der Waals surface area contributed by atoms with Crippen molar-refractivity contribution in [3.05, 3.63) is 75.7 Å². The van der Waals surface area contributed by atoms with Crippen molar-refractivity contribution in [3.63, 3.8) is 0 Å². The average molecular weight is 380 g/mol. The minimum absolute atomic E-state index is 0.105.